The molecule has 0 radical (unpaired) electrons. The summed E-state index contributed by atoms with van der Waals surface area (Å²) >= 11 is 6.73. The normalized spacial score (nSPS) is 11.9. The largest absolute Gasteiger partial charge is 0.246 e. The van der Waals surface area contributed by atoms with E-state index in [1.165, 1.54) is 43.0 Å². The van der Waals surface area contributed by atoms with Gasteiger partial charge in [-0.3, -0.25) is 0 Å². The third-order valence-corrected chi connectivity index (χ3v) is 13.3. The number of nitrogens with zero attached hydrogens (tertiary/aromatic N) is 1. The van der Waals surface area contributed by atoms with Crippen LogP contribution in [0.25, 0.3) is 54.5 Å². The Morgan fingerprint density at radius 1 is 0.405 bits per heavy atom. The molecule has 42 heavy (non-hydrogen) atoms. The zero-order valence-corrected chi connectivity index (χ0v) is 24.5. The lowest BCUT2D eigenvalue weighted by Gasteiger charge is -2.25. The van der Waals surface area contributed by atoms with Crippen LogP contribution in [0.2, 0.25) is 0 Å². The predicted octanol–water partition coefficient (Wildman–Crippen LogP) is 9.12. The van der Waals surface area contributed by atoms with E-state index in [9.17, 15) is 0 Å². The third-order valence-electron chi connectivity index (χ3n) is 8.30. The molecule has 1 aromatic heterocycles. The van der Waals surface area contributed by atoms with Crippen LogP contribution in [0.3, 0.4) is 0 Å². The average Bonchev–Trinajstić information content (AvgIpc) is 3.07. The number of rotatable bonds is 4. The van der Waals surface area contributed by atoms with Gasteiger partial charge in [0.15, 0.2) is 0 Å². The second-order valence-corrected chi connectivity index (χ2v) is 15.1. The van der Waals surface area contributed by atoms with Crippen LogP contribution in [-0.4, -0.2) is 4.98 Å². The molecule has 8 rings (SSSR count). The Hall–Kier alpha value is -4.62. The number of hydrogen-bond acceptors (Lipinski definition) is 2. The summed E-state index contributed by atoms with van der Waals surface area (Å²) in [4.78, 5) is 5.37. The van der Waals surface area contributed by atoms with Gasteiger partial charge in [0, 0.05) is 33.1 Å². The molecular weight excluding hydrogens is 545 g/mol. The highest BCUT2D eigenvalue weighted by atomic mass is 32.4. The van der Waals surface area contributed by atoms with Gasteiger partial charge in [-0.15, -0.1) is 0 Å². The Morgan fingerprint density at radius 2 is 0.881 bits per heavy atom. The van der Waals surface area contributed by atoms with E-state index in [2.05, 4.69) is 158 Å². The van der Waals surface area contributed by atoms with Gasteiger partial charge >= 0.3 is 0 Å². The Morgan fingerprint density at radius 3 is 1.43 bits per heavy atom. The van der Waals surface area contributed by atoms with Gasteiger partial charge in [0.05, 0.1) is 11.0 Å². The first kappa shape index (κ1) is 25.1. The van der Waals surface area contributed by atoms with Gasteiger partial charge in [-0.05, 0) is 38.3 Å². The molecule has 0 bridgehead atoms. The minimum atomic E-state index is -2.31. The summed E-state index contributed by atoms with van der Waals surface area (Å²) in [7, 11) is 0. The van der Waals surface area contributed by atoms with E-state index >= 15 is 0 Å². The molecule has 0 aliphatic heterocycles. The maximum absolute atomic E-state index is 6.73. The van der Waals surface area contributed by atoms with Crippen molar-refractivity contribution in [3.05, 3.63) is 158 Å². The SMILES string of the molecule is S=P(c1ccccc1)(c1ccccc1)c1cccc(-c2c3ccc4ccccc4c3nc3c2ccc2ccccc23)c1. The number of fused-ring (bicyclic) bond motifs is 6. The summed E-state index contributed by atoms with van der Waals surface area (Å²) in [6, 6.07) is 54.0. The lowest BCUT2D eigenvalue weighted by atomic mass is 9.92. The van der Waals surface area contributed by atoms with Crippen molar-refractivity contribution in [1.82, 2.24) is 4.98 Å². The fraction of sp³-hybridized carbons (Fsp3) is 0. The first-order valence-electron chi connectivity index (χ1n) is 14.2. The van der Waals surface area contributed by atoms with E-state index in [0.29, 0.717) is 0 Å². The Bertz CT molecular complexity index is 2190. The van der Waals surface area contributed by atoms with E-state index in [0.717, 1.165) is 27.4 Å². The monoisotopic (exact) mass is 571 g/mol. The fourth-order valence-electron chi connectivity index (χ4n) is 6.30. The van der Waals surface area contributed by atoms with Gasteiger partial charge in [-0.1, -0.05) is 163 Å². The van der Waals surface area contributed by atoms with Gasteiger partial charge in [-0.2, -0.15) is 0 Å². The smallest absolute Gasteiger partial charge is 0.0794 e. The van der Waals surface area contributed by atoms with Crippen LogP contribution in [0.15, 0.2) is 158 Å². The minimum absolute atomic E-state index is 1.03. The molecule has 1 heterocycles. The van der Waals surface area contributed by atoms with Crippen molar-refractivity contribution < 1.29 is 0 Å². The molecule has 0 aliphatic rings. The highest BCUT2D eigenvalue weighted by Gasteiger charge is 2.25. The summed E-state index contributed by atoms with van der Waals surface area (Å²) in [6.07, 6.45) is 0. The van der Waals surface area contributed by atoms with Crippen LogP contribution in [0.4, 0.5) is 0 Å². The lowest BCUT2D eigenvalue weighted by molar-refractivity contribution is 1.53. The fourth-order valence-corrected chi connectivity index (χ4v) is 10.1. The van der Waals surface area contributed by atoms with Crippen molar-refractivity contribution in [2.45, 2.75) is 0 Å². The number of hydrogen-bond donors (Lipinski definition) is 0. The summed E-state index contributed by atoms with van der Waals surface area (Å²) < 4.78 is 0. The van der Waals surface area contributed by atoms with Crippen LogP contribution < -0.4 is 15.9 Å². The van der Waals surface area contributed by atoms with Crippen molar-refractivity contribution in [2.24, 2.45) is 0 Å². The highest BCUT2D eigenvalue weighted by molar-refractivity contribution is 8.25. The molecule has 0 atom stereocenters. The zero-order chi connectivity index (χ0) is 28.1. The van der Waals surface area contributed by atoms with Crippen LogP contribution >= 0.6 is 6.04 Å². The molecule has 0 amide bonds. The van der Waals surface area contributed by atoms with Crippen molar-refractivity contribution in [2.75, 3.05) is 0 Å². The first-order valence-corrected chi connectivity index (χ1v) is 17.0. The van der Waals surface area contributed by atoms with Crippen LogP contribution in [0, 0.1) is 0 Å². The van der Waals surface area contributed by atoms with E-state index in [4.69, 9.17) is 16.8 Å². The summed E-state index contributed by atoms with van der Waals surface area (Å²) in [5.41, 5.74) is 4.43. The molecule has 1 nitrogen and oxygen atoms in total. The quantitative estimate of drug-likeness (QED) is 0.119. The second-order valence-electron chi connectivity index (χ2n) is 10.7. The Kier molecular flexibility index (Phi) is 6.00. The van der Waals surface area contributed by atoms with Crippen LogP contribution in [0.1, 0.15) is 0 Å². The molecule has 0 fully saturated rings. The molecule has 198 valence electrons. The van der Waals surface area contributed by atoms with Crippen molar-refractivity contribution in [1.29, 1.82) is 0 Å². The first-order chi connectivity index (χ1) is 20.7. The highest BCUT2D eigenvalue weighted by Crippen LogP contribution is 2.45. The van der Waals surface area contributed by atoms with E-state index in [-0.39, 0.29) is 0 Å². The van der Waals surface area contributed by atoms with Crippen molar-refractivity contribution >= 4 is 77.1 Å². The number of pyridine rings is 1. The molecule has 0 N–H and O–H groups in total. The van der Waals surface area contributed by atoms with Crippen molar-refractivity contribution in [3.63, 3.8) is 0 Å². The molecule has 0 aliphatic carbocycles. The maximum Gasteiger partial charge on any atom is 0.0794 e. The van der Waals surface area contributed by atoms with Gasteiger partial charge in [0.25, 0.3) is 0 Å². The van der Waals surface area contributed by atoms with Crippen LogP contribution in [-0.2, 0) is 11.8 Å². The van der Waals surface area contributed by atoms with Gasteiger partial charge < -0.3 is 0 Å². The molecule has 7 aromatic carbocycles. The molecule has 3 heteroatoms. The summed E-state index contributed by atoms with van der Waals surface area (Å²) in [5.74, 6) is 0. The third kappa shape index (κ3) is 3.91. The summed E-state index contributed by atoms with van der Waals surface area (Å²) in [6.45, 7) is 0. The Labute approximate surface area is 250 Å². The molecule has 0 saturated carbocycles. The molecule has 0 spiro atoms. The molecule has 8 aromatic rings. The maximum atomic E-state index is 6.73. The van der Waals surface area contributed by atoms with Crippen LogP contribution in [0.5, 0.6) is 0 Å². The number of aromatic nitrogens is 1. The average molecular weight is 572 g/mol. The zero-order valence-electron chi connectivity index (χ0n) is 22.8. The van der Waals surface area contributed by atoms with Gasteiger partial charge in [-0.25, -0.2) is 4.98 Å². The standard InChI is InChI=1S/C39H26NPS/c42-41(30-15-3-1-4-16-30,31-17-5-2-6-18-31)32-19-11-14-29(26-32)37-35-24-22-27-12-7-9-20-33(27)38(35)40-39-34-21-10-8-13-28(34)23-25-36(37)39/h1-26H. The van der Waals surface area contributed by atoms with E-state index in [1.807, 2.05) is 0 Å². The van der Waals surface area contributed by atoms with Gasteiger partial charge in [0.1, 0.15) is 0 Å². The van der Waals surface area contributed by atoms with Gasteiger partial charge in [0.2, 0.25) is 0 Å². The minimum Gasteiger partial charge on any atom is -0.246 e. The Balaban J connectivity index is 1.48. The molecular formula is C39H26NPS. The predicted molar refractivity (Wildman–Crippen MR) is 186 cm³/mol. The lowest BCUT2D eigenvalue weighted by Crippen LogP contribution is -2.24. The molecule has 0 unspecified atom stereocenters. The second kappa shape index (κ2) is 10.0. The summed E-state index contributed by atoms with van der Waals surface area (Å²) in [5, 5.41) is 10.6. The topological polar surface area (TPSA) is 12.9 Å². The molecule has 0 saturated heterocycles. The van der Waals surface area contributed by atoms with Crippen molar-refractivity contribution in [3.8, 4) is 11.1 Å². The van der Waals surface area contributed by atoms with E-state index < -0.39 is 6.04 Å². The van der Waals surface area contributed by atoms with E-state index in [1.54, 1.807) is 0 Å². The number of benzene rings is 7.